The van der Waals surface area contributed by atoms with Gasteiger partial charge in [-0.05, 0) is 44.5 Å². The fourth-order valence-corrected chi connectivity index (χ4v) is 5.34. The number of thioether (sulfide) groups is 1. The van der Waals surface area contributed by atoms with Crippen LogP contribution in [-0.2, 0) is 23.9 Å². The Kier molecular flexibility index (Phi) is 8.26. The third-order valence-electron chi connectivity index (χ3n) is 5.46. The normalized spacial score (nSPS) is 18.9. The van der Waals surface area contributed by atoms with Crippen LogP contribution in [0.5, 0.6) is 0 Å². The molecule has 0 fully saturated rings. The number of hydrogen-bond acceptors (Lipinski definition) is 7. The molecule has 0 bridgehead atoms. The highest BCUT2D eigenvalue weighted by molar-refractivity contribution is 8.15. The molecular formula is C24H28F2N4O4S. The molecule has 1 amide bonds. The summed E-state index contributed by atoms with van der Waals surface area (Å²) in [7, 11) is 1.36. The predicted molar refractivity (Wildman–Crippen MR) is 130 cm³/mol. The Bertz CT molecular complexity index is 1110. The summed E-state index contributed by atoms with van der Waals surface area (Å²) in [5, 5.41) is 14.0. The first-order valence-corrected chi connectivity index (χ1v) is 11.8. The highest BCUT2D eigenvalue weighted by atomic mass is 32.2. The Morgan fingerprint density at radius 2 is 1.83 bits per heavy atom. The summed E-state index contributed by atoms with van der Waals surface area (Å²) in [6.07, 6.45) is -0.980. The first-order valence-electron chi connectivity index (χ1n) is 11.0. The zero-order valence-electron chi connectivity index (χ0n) is 19.9. The molecule has 2 atom stereocenters. The number of benzene rings is 2. The fraction of sp³-hybridized carbons (Fsp3) is 0.375. The number of nitrogens with zero attached hydrogens (tertiary/aromatic N) is 2. The Hall–Kier alpha value is -2.86. The number of hydrogen-bond donors (Lipinski definition) is 2. The molecule has 188 valence electrons. The van der Waals surface area contributed by atoms with Crippen LogP contribution in [0.3, 0.4) is 0 Å². The van der Waals surface area contributed by atoms with Gasteiger partial charge < -0.3 is 19.9 Å². The standard InChI is InChI=1S/C24H28F2N4O4S/c1-5-33-24(22(27)28,34-6-2)23(16-10-8-7-9-11-16)30(21(31)15(3)32-4)29-20(35-23)18-14-17(25)12-13-19(18)26/h7-15H,5-6H2,1-4H3,(H3,27,28)/t15-,23?/m0/s1. The molecule has 0 aliphatic carbocycles. The number of ether oxygens (including phenoxy) is 3. The van der Waals surface area contributed by atoms with Gasteiger partial charge in [-0.1, -0.05) is 42.1 Å². The number of amides is 1. The Morgan fingerprint density at radius 3 is 2.37 bits per heavy atom. The first kappa shape index (κ1) is 26.7. The lowest BCUT2D eigenvalue weighted by Crippen LogP contribution is -2.67. The lowest BCUT2D eigenvalue weighted by molar-refractivity contribution is -0.235. The van der Waals surface area contributed by atoms with Crippen LogP contribution in [0.2, 0.25) is 0 Å². The van der Waals surface area contributed by atoms with Gasteiger partial charge in [-0.3, -0.25) is 10.2 Å². The molecule has 0 saturated carbocycles. The smallest absolute Gasteiger partial charge is 0.273 e. The van der Waals surface area contributed by atoms with E-state index in [-0.39, 0.29) is 23.8 Å². The number of nitrogens with two attached hydrogens (primary N) is 1. The van der Waals surface area contributed by atoms with E-state index in [1.165, 1.54) is 14.0 Å². The van der Waals surface area contributed by atoms with Gasteiger partial charge in [-0.15, -0.1) is 0 Å². The molecule has 1 heterocycles. The van der Waals surface area contributed by atoms with E-state index < -0.39 is 40.1 Å². The molecule has 0 saturated heterocycles. The van der Waals surface area contributed by atoms with E-state index in [0.717, 1.165) is 35.0 Å². The van der Waals surface area contributed by atoms with Crippen LogP contribution in [0.4, 0.5) is 8.78 Å². The number of methoxy groups -OCH3 is 1. The van der Waals surface area contributed by atoms with E-state index >= 15 is 0 Å². The van der Waals surface area contributed by atoms with Crippen molar-refractivity contribution in [2.45, 2.75) is 37.5 Å². The molecule has 1 unspecified atom stereocenters. The average molecular weight is 507 g/mol. The van der Waals surface area contributed by atoms with Gasteiger partial charge in [0.25, 0.3) is 11.7 Å². The van der Waals surface area contributed by atoms with Crippen LogP contribution < -0.4 is 5.73 Å². The van der Waals surface area contributed by atoms with E-state index in [9.17, 15) is 13.6 Å². The number of hydrazone groups is 1. The molecule has 2 aromatic carbocycles. The maximum atomic E-state index is 14.9. The lowest BCUT2D eigenvalue weighted by atomic mass is 9.94. The van der Waals surface area contributed by atoms with Gasteiger partial charge in [0, 0.05) is 25.9 Å². The van der Waals surface area contributed by atoms with Gasteiger partial charge in [0.1, 0.15) is 22.8 Å². The second-order valence-corrected chi connectivity index (χ2v) is 8.75. The summed E-state index contributed by atoms with van der Waals surface area (Å²) >= 11 is 0.889. The van der Waals surface area contributed by atoms with E-state index in [1.807, 2.05) is 0 Å². The maximum absolute atomic E-state index is 14.9. The highest BCUT2D eigenvalue weighted by Gasteiger charge is 2.67. The fourth-order valence-electron chi connectivity index (χ4n) is 3.84. The molecule has 0 aromatic heterocycles. The highest BCUT2D eigenvalue weighted by Crippen LogP contribution is 2.56. The van der Waals surface area contributed by atoms with Gasteiger partial charge >= 0.3 is 0 Å². The number of carbonyl (C=O) groups is 1. The number of amidine groups is 1. The van der Waals surface area contributed by atoms with Crippen molar-refractivity contribution in [3.05, 3.63) is 71.3 Å². The van der Waals surface area contributed by atoms with E-state index in [4.69, 9.17) is 25.4 Å². The third kappa shape index (κ3) is 4.56. The van der Waals surface area contributed by atoms with Crippen LogP contribution in [-0.4, -0.2) is 54.0 Å². The molecule has 8 nitrogen and oxygen atoms in total. The van der Waals surface area contributed by atoms with Gasteiger partial charge in [0.05, 0.1) is 0 Å². The van der Waals surface area contributed by atoms with Crippen molar-refractivity contribution in [3.63, 3.8) is 0 Å². The van der Waals surface area contributed by atoms with Gasteiger partial charge in [0.2, 0.25) is 4.87 Å². The van der Waals surface area contributed by atoms with Crippen LogP contribution >= 0.6 is 11.8 Å². The van der Waals surface area contributed by atoms with E-state index in [1.54, 1.807) is 44.2 Å². The number of carbonyl (C=O) groups excluding carboxylic acids is 1. The lowest BCUT2D eigenvalue weighted by Gasteiger charge is -2.48. The summed E-state index contributed by atoms with van der Waals surface area (Å²) in [6.45, 7) is 5.01. The monoisotopic (exact) mass is 506 g/mol. The van der Waals surface area contributed by atoms with E-state index in [2.05, 4.69) is 5.10 Å². The zero-order chi connectivity index (χ0) is 25.8. The predicted octanol–water partition coefficient (Wildman–Crippen LogP) is 3.79. The second-order valence-electron chi connectivity index (χ2n) is 7.57. The maximum Gasteiger partial charge on any atom is 0.273 e. The Balaban J connectivity index is 2.41. The Labute approximate surface area is 206 Å². The minimum Gasteiger partial charge on any atom is -0.383 e. The van der Waals surface area contributed by atoms with Gasteiger partial charge in [-0.25, -0.2) is 13.8 Å². The molecule has 11 heteroatoms. The molecule has 35 heavy (non-hydrogen) atoms. The molecule has 2 aromatic rings. The summed E-state index contributed by atoms with van der Waals surface area (Å²) < 4.78 is 46.3. The summed E-state index contributed by atoms with van der Waals surface area (Å²) in [6, 6.07) is 11.6. The minimum absolute atomic E-state index is 0.0208. The number of halogens is 2. The topological polar surface area (TPSA) is 110 Å². The van der Waals surface area contributed by atoms with Crippen molar-refractivity contribution in [3.8, 4) is 0 Å². The van der Waals surface area contributed by atoms with Gasteiger partial charge in [0.15, 0.2) is 5.84 Å². The minimum atomic E-state index is -2.04. The summed E-state index contributed by atoms with van der Waals surface area (Å²) in [5.41, 5.74) is 6.39. The van der Waals surface area contributed by atoms with E-state index in [0.29, 0.717) is 5.56 Å². The zero-order valence-corrected chi connectivity index (χ0v) is 20.7. The average Bonchev–Trinajstić information content (AvgIpc) is 3.26. The van der Waals surface area contributed by atoms with Gasteiger partial charge in [-0.2, -0.15) is 5.10 Å². The molecule has 1 aliphatic rings. The van der Waals surface area contributed by atoms with Crippen molar-refractivity contribution >= 4 is 28.5 Å². The summed E-state index contributed by atoms with van der Waals surface area (Å²) in [4.78, 5) is 11.9. The summed E-state index contributed by atoms with van der Waals surface area (Å²) in [5.74, 6) is -4.62. The van der Waals surface area contributed by atoms with Crippen molar-refractivity contribution < 1.29 is 27.8 Å². The van der Waals surface area contributed by atoms with Crippen LogP contribution in [0.1, 0.15) is 31.9 Å². The van der Waals surface area contributed by atoms with Crippen molar-refractivity contribution in [2.24, 2.45) is 10.8 Å². The Morgan fingerprint density at radius 1 is 1.20 bits per heavy atom. The molecule has 1 aliphatic heterocycles. The van der Waals surface area contributed by atoms with Crippen molar-refractivity contribution in [2.75, 3.05) is 20.3 Å². The molecule has 3 rings (SSSR count). The molecule has 0 spiro atoms. The number of nitrogens with one attached hydrogen (secondary N) is 1. The molecular weight excluding hydrogens is 478 g/mol. The third-order valence-corrected chi connectivity index (χ3v) is 6.93. The van der Waals surface area contributed by atoms with Crippen LogP contribution in [0.15, 0.2) is 53.6 Å². The molecule has 0 radical (unpaired) electrons. The molecule has 3 N–H and O–H groups in total. The second kappa shape index (κ2) is 10.8. The first-order chi connectivity index (χ1) is 16.7. The SMILES string of the molecule is CCOC(OCC)(C(=N)N)C1(c2ccccc2)SC(c2cc(F)ccc2F)=NN1C(=O)[C@H](C)OC. The van der Waals surface area contributed by atoms with Crippen molar-refractivity contribution in [1.29, 1.82) is 5.41 Å². The van der Waals surface area contributed by atoms with Crippen molar-refractivity contribution in [1.82, 2.24) is 5.01 Å². The van der Waals surface area contributed by atoms with Crippen LogP contribution in [0.25, 0.3) is 0 Å². The number of rotatable bonds is 10. The van der Waals surface area contributed by atoms with Crippen LogP contribution in [0, 0.1) is 17.0 Å². The largest absolute Gasteiger partial charge is 0.383 e. The quantitative estimate of drug-likeness (QED) is 0.288.